The molecule has 0 fully saturated rings. The Morgan fingerprint density at radius 1 is 1.09 bits per heavy atom. The van der Waals surface area contributed by atoms with Crippen LogP contribution in [-0.4, -0.2) is 17.6 Å². The summed E-state index contributed by atoms with van der Waals surface area (Å²) in [5.41, 5.74) is 1.88. The van der Waals surface area contributed by atoms with Crippen LogP contribution in [0.4, 0.5) is 5.69 Å². The summed E-state index contributed by atoms with van der Waals surface area (Å²) in [6, 6.07) is 14.0. The molecule has 1 atom stereocenters. The van der Waals surface area contributed by atoms with Crippen molar-refractivity contribution in [2.75, 3.05) is 11.7 Å². The van der Waals surface area contributed by atoms with E-state index < -0.39 is 6.80 Å². The van der Waals surface area contributed by atoms with Gasteiger partial charge in [0, 0.05) is 12.1 Å². The normalized spacial score (nSPS) is 21.0. The first kappa shape index (κ1) is 15.4. The number of carbonyl (C=O) groups is 1. The number of nitrogens with zero attached hydrogens (tertiary/aromatic N) is 2. The second-order valence-electron chi connectivity index (χ2n) is 5.00. The van der Waals surface area contributed by atoms with Crippen molar-refractivity contribution in [1.82, 2.24) is 4.67 Å². The third kappa shape index (κ3) is 2.52. The van der Waals surface area contributed by atoms with Crippen LogP contribution < -0.4 is 4.67 Å². The van der Waals surface area contributed by atoms with E-state index in [0.29, 0.717) is 16.3 Å². The average Bonchev–Trinajstić information content (AvgIpc) is 2.51. The molecule has 0 aliphatic carbocycles. The van der Waals surface area contributed by atoms with Crippen LogP contribution in [0.2, 0.25) is 5.02 Å². The fourth-order valence-corrected chi connectivity index (χ4v) is 4.57. The highest BCUT2D eigenvalue weighted by Gasteiger charge is 2.43. The third-order valence-corrected chi connectivity index (χ3v) is 6.98. The summed E-state index contributed by atoms with van der Waals surface area (Å²) in [6.07, 6.45) is 0. The van der Waals surface area contributed by atoms with E-state index >= 15 is 0 Å². The van der Waals surface area contributed by atoms with Crippen LogP contribution in [0.3, 0.4) is 0 Å². The van der Waals surface area contributed by atoms with Crippen molar-refractivity contribution in [2.24, 2.45) is 0 Å². The monoisotopic (exact) mass is 354 g/mol. The number of anilines is 1. The number of carbonyl (C=O) groups excluding carboxylic acids is 1. The van der Waals surface area contributed by atoms with E-state index in [0.717, 1.165) is 5.56 Å². The molecule has 1 heterocycles. The van der Waals surface area contributed by atoms with E-state index in [9.17, 15) is 9.36 Å². The van der Waals surface area contributed by atoms with Gasteiger partial charge in [0.2, 0.25) is 0 Å². The first-order valence-electron chi connectivity index (χ1n) is 6.61. The highest BCUT2D eigenvalue weighted by Crippen LogP contribution is 2.63. The zero-order valence-corrected chi connectivity index (χ0v) is 14.1. The molecule has 0 saturated heterocycles. The van der Waals surface area contributed by atoms with E-state index in [1.54, 1.807) is 55.6 Å². The molecule has 22 heavy (non-hydrogen) atoms. The Morgan fingerprint density at radius 2 is 1.73 bits per heavy atom. The largest absolute Gasteiger partial charge is 0.355 e. The van der Waals surface area contributed by atoms with Crippen LogP contribution >= 0.6 is 29.6 Å². The first-order chi connectivity index (χ1) is 10.4. The van der Waals surface area contributed by atoms with E-state index in [1.807, 2.05) is 0 Å². The average molecular weight is 355 g/mol. The van der Waals surface area contributed by atoms with Gasteiger partial charge in [0.15, 0.2) is 0 Å². The molecular formula is C15H13Cl2N2O2P. The van der Waals surface area contributed by atoms with Crippen molar-refractivity contribution in [1.29, 1.82) is 0 Å². The van der Waals surface area contributed by atoms with Crippen LogP contribution in [0.1, 0.15) is 15.9 Å². The topological polar surface area (TPSA) is 40.6 Å². The Labute approximate surface area is 138 Å². The molecule has 1 aliphatic heterocycles. The highest BCUT2D eigenvalue weighted by molar-refractivity contribution is 7.89. The van der Waals surface area contributed by atoms with Crippen LogP contribution in [0.5, 0.6) is 0 Å². The van der Waals surface area contributed by atoms with Gasteiger partial charge in [0.1, 0.15) is 0 Å². The second-order valence-corrected chi connectivity index (χ2v) is 8.79. The predicted molar refractivity (Wildman–Crippen MR) is 89.6 cm³/mol. The number of para-hydroxylation sites is 1. The molecule has 0 bridgehead atoms. The molecule has 1 unspecified atom stereocenters. The summed E-state index contributed by atoms with van der Waals surface area (Å²) in [6.45, 7) is -3.34. The number of hydrogen-bond acceptors (Lipinski definition) is 2. The van der Waals surface area contributed by atoms with Gasteiger partial charge in [0.05, 0.1) is 17.8 Å². The summed E-state index contributed by atoms with van der Waals surface area (Å²) in [5, 5.41) is 0.602. The lowest BCUT2D eigenvalue weighted by Crippen LogP contribution is -2.37. The molecule has 7 heteroatoms. The lowest BCUT2D eigenvalue weighted by Gasteiger charge is -2.39. The molecule has 1 amide bonds. The van der Waals surface area contributed by atoms with Crippen molar-refractivity contribution >= 4 is 41.2 Å². The summed E-state index contributed by atoms with van der Waals surface area (Å²) in [7, 11) is 1.63. The van der Waals surface area contributed by atoms with E-state index in [2.05, 4.69) is 0 Å². The summed E-state index contributed by atoms with van der Waals surface area (Å²) < 4.78 is 15.6. The fourth-order valence-electron chi connectivity index (χ4n) is 2.40. The predicted octanol–water partition coefficient (Wildman–Crippen LogP) is 4.78. The number of hydrogen-bond donors (Lipinski definition) is 0. The van der Waals surface area contributed by atoms with Crippen molar-refractivity contribution in [3.05, 3.63) is 64.7 Å². The first-order valence-corrected chi connectivity index (χ1v) is 9.50. The SMILES string of the molecule is CN1c2ccccc2C(=O)N(Cc2ccc(Cl)cc2)P1(=O)Cl. The lowest BCUT2D eigenvalue weighted by molar-refractivity contribution is 0.0851. The van der Waals surface area contributed by atoms with Gasteiger partial charge in [-0.25, -0.2) is 0 Å². The van der Waals surface area contributed by atoms with Crippen molar-refractivity contribution in [3.8, 4) is 0 Å². The molecule has 0 saturated carbocycles. The van der Waals surface area contributed by atoms with Gasteiger partial charge >= 0.3 is 6.80 Å². The van der Waals surface area contributed by atoms with Crippen LogP contribution in [0, 0.1) is 0 Å². The van der Waals surface area contributed by atoms with Gasteiger partial charge in [-0.2, -0.15) is 0 Å². The molecule has 2 aromatic carbocycles. The highest BCUT2D eigenvalue weighted by atomic mass is 35.7. The van der Waals surface area contributed by atoms with E-state index in [4.69, 9.17) is 22.8 Å². The van der Waals surface area contributed by atoms with Crippen molar-refractivity contribution < 1.29 is 9.36 Å². The maximum Gasteiger partial charge on any atom is 0.355 e. The van der Waals surface area contributed by atoms with E-state index in [-0.39, 0.29) is 12.5 Å². The summed E-state index contributed by atoms with van der Waals surface area (Å²) in [5.74, 6) is -0.331. The molecule has 0 N–H and O–H groups in total. The number of halogens is 2. The minimum atomic E-state index is -3.50. The van der Waals surface area contributed by atoms with Gasteiger partial charge < -0.3 is 0 Å². The number of benzene rings is 2. The molecule has 1 aliphatic rings. The lowest BCUT2D eigenvalue weighted by atomic mass is 10.1. The van der Waals surface area contributed by atoms with Crippen LogP contribution in [0.15, 0.2) is 48.5 Å². The van der Waals surface area contributed by atoms with Crippen molar-refractivity contribution in [3.63, 3.8) is 0 Å². The van der Waals surface area contributed by atoms with Crippen LogP contribution in [0.25, 0.3) is 0 Å². The number of amides is 1. The van der Waals surface area contributed by atoms with E-state index in [1.165, 1.54) is 9.34 Å². The Kier molecular flexibility index (Phi) is 3.94. The standard InChI is InChI=1S/C15H13Cl2N2O2P/c1-18-14-5-3-2-4-13(14)15(20)19(22(18,17)21)10-11-6-8-12(16)9-7-11/h2-9H,10H2,1H3. The summed E-state index contributed by atoms with van der Waals surface area (Å²) >= 11 is 12.1. The molecule has 0 aromatic heterocycles. The zero-order chi connectivity index (χ0) is 15.9. The van der Waals surface area contributed by atoms with Crippen LogP contribution in [-0.2, 0) is 11.1 Å². The maximum atomic E-state index is 12.9. The minimum absolute atomic E-state index is 0.162. The minimum Gasteiger partial charge on any atom is -0.297 e. The fraction of sp³-hybridized carbons (Fsp3) is 0.133. The molecule has 0 radical (unpaired) electrons. The molecule has 2 aromatic rings. The Morgan fingerprint density at radius 3 is 2.41 bits per heavy atom. The number of fused-ring (bicyclic) bond motifs is 1. The molecule has 3 rings (SSSR count). The quantitative estimate of drug-likeness (QED) is 0.728. The van der Waals surface area contributed by atoms with Gasteiger partial charge in [-0.15, -0.1) is 0 Å². The molecule has 114 valence electrons. The van der Waals surface area contributed by atoms with Gasteiger partial charge in [-0.05, 0) is 41.1 Å². The molecular weight excluding hydrogens is 342 g/mol. The smallest absolute Gasteiger partial charge is 0.297 e. The van der Waals surface area contributed by atoms with Gasteiger partial charge in [-0.3, -0.25) is 18.7 Å². The van der Waals surface area contributed by atoms with Gasteiger partial charge in [0.25, 0.3) is 5.91 Å². The number of rotatable bonds is 2. The summed E-state index contributed by atoms with van der Waals surface area (Å²) in [4.78, 5) is 12.7. The van der Waals surface area contributed by atoms with Crippen molar-refractivity contribution in [2.45, 2.75) is 6.54 Å². The Bertz CT molecular complexity index is 779. The Balaban J connectivity index is 2.02. The molecule has 4 nitrogen and oxygen atoms in total. The molecule has 0 spiro atoms. The Hall–Kier alpha value is -1.48. The second kappa shape index (κ2) is 5.62. The zero-order valence-electron chi connectivity index (χ0n) is 11.7. The van der Waals surface area contributed by atoms with Gasteiger partial charge in [-0.1, -0.05) is 35.9 Å². The maximum absolute atomic E-state index is 12.9. The third-order valence-electron chi connectivity index (χ3n) is 3.63.